The van der Waals surface area contributed by atoms with Crippen LogP contribution in [0.25, 0.3) is 0 Å². The zero-order valence-corrected chi connectivity index (χ0v) is 9.70. The van der Waals surface area contributed by atoms with Crippen LogP contribution < -0.4 is 5.32 Å². The van der Waals surface area contributed by atoms with Gasteiger partial charge in [-0.25, -0.2) is 4.39 Å². The summed E-state index contributed by atoms with van der Waals surface area (Å²) in [7, 11) is 0. The van der Waals surface area contributed by atoms with Crippen molar-refractivity contribution in [3.05, 3.63) is 65.0 Å². The summed E-state index contributed by atoms with van der Waals surface area (Å²) in [5.74, 6) is -0.157. The van der Waals surface area contributed by atoms with Gasteiger partial charge in [0.05, 0.1) is 6.04 Å². The molecule has 17 heavy (non-hydrogen) atoms. The number of fused-ring (bicyclic) bond motifs is 1. The topological polar surface area (TPSA) is 12.0 Å². The molecule has 1 atom stereocenters. The van der Waals surface area contributed by atoms with Gasteiger partial charge >= 0.3 is 0 Å². The van der Waals surface area contributed by atoms with Crippen LogP contribution >= 0.6 is 0 Å². The highest BCUT2D eigenvalue weighted by atomic mass is 19.1. The van der Waals surface area contributed by atoms with Gasteiger partial charge in [0.2, 0.25) is 0 Å². The predicted molar refractivity (Wildman–Crippen MR) is 67.6 cm³/mol. The SMILES string of the molecule is Cc1cccc(C2Cc3cc(F)ccc3N2)c1. The molecule has 0 saturated heterocycles. The van der Waals surface area contributed by atoms with Gasteiger partial charge in [-0.05, 0) is 42.7 Å². The molecule has 1 nitrogen and oxygen atoms in total. The highest BCUT2D eigenvalue weighted by Crippen LogP contribution is 2.34. The first kappa shape index (κ1) is 10.3. The maximum atomic E-state index is 13.1. The Morgan fingerprint density at radius 1 is 1.18 bits per heavy atom. The maximum absolute atomic E-state index is 13.1. The zero-order valence-electron chi connectivity index (χ0n) is 9.70. The van der Waals surface area contributed by atoms with E-state index in [1.165, 1.54) is 17.2 Å². The second-order valence-corrected chi connectivity index (χ2v) is 4.62. The Kier molecular flexibility index (Phi) is 2.36. The number of hydrogen-bond acceptors (Lipinski definition) is 1. The lowest BCUT2D eigenvalue weighted by molar-refractivity contribution is 0.626. The van der Waals surface area contributed by atoms with Crippen molar-refractivity contribution in [2.45, 2.75) is 19.4 Å². The first-order valence-electron chi connectivity index (χ1n) is 5.84. The molecule has 1 unspecified atom stereocenters. The molecule has 0 aliphatic carbocycles. The third-order valence-electron chi connectivity index (χ3n) is 3.27. The van der Waals surface area contributed by atoms with Crippen LogP contribution in [0, 0.1) is 12.7 Å². The third-order valence-corrected chi connectivity index (χ3v) is 3.27. The van der Waals surface area contributed by atoms with Crippen molar-refractivity contribution in [3.63, 3.8) is 0 Å². The molecule has 1 N–H and O–H groups in total. The van der Waals surface area contributed by atoms with Crippen molar-refractivity contribution in [1.29, 1.82) is 0 Å². The highest BCUT2D eigenvalue weighted by molar-refractivity contribution is 5.58. The molecular weight excluding hydrogens is 213 g/mol. The van der Waals surface area contributed by atoms with E-state index in [0.717, 1.165) is 17.7 Å². The van der Waals surface area contributed by atoms with Crippen LogP contribution in [0.15, 0.2) is 42.5 Å². The number of nitrogens with one attached hydrogen (secondary N) is 1. The maximum Gasteiger partial charge on any atom is 0.123 e. The normalized spacial score (nSPS) is 17.6. The smallest absolute Gasteiger partial charge is 0.123 e. The van der Waals surface area contributed by atoms with Gasteiger partial charge in [0.15, 0.2) is 0 Å². The van der Waals surface area contributed by atoms with Crippen LogP contribution in [-0.4, -0.2) is 0 Å². The van der Waals surface area contributed by atoms with Gasteiger partial charge in [0.1, 0.15) is 5.82 Å². The number of halogens is 1. The van der Waals surface area contributed by atoms with Gasteiger partial charge in [0, 0.05) is 5.69 Å². The van der Waals surface area contributed by atoms with Gasteiger partial charge in [-0.1, -0.05) is 29.8 Å². The molecule has 0 aromatic heterocycles. The van der Waals surface area contributed by atoms with Crippen molar-refractivity contribution in [2.24, 2.45) is 0 Å². The van der Waals surface area contributed by atoms with Crippen LogP contribution in [0.5, 0.6) is 0 Å². The third kappa shape index (κ3) is 1.91. The van der Waals surface area contributed by atoms with Gasteiger partial charge in [-0.15, -0.1) is 0 Å². The van der Waals surface area contributed by atoms with Gasteiger partial charge < -0.3 is 5.32 Å². The van der Waals surface area contributed by atoms with Gasteiger partial charge in [-0.3, -0.25) is 0 Å². The van der Waals surface area contributed by atoms with Crippen LogP contribution in [0.3, 0.4) is 0 Å². The standard InChI is InChI=1S/C15H14FN/c1-10-3-2-4-11(7-10)15-9-12-8-13(16)5-6-14(12)17-15/h2-8,15,17H,9H2,1H3. The van der Waals surface area contributed by atoms with Crippen LogP contribution in [0.2, 0.25) is 0 Å². The molecule has 2 aromatic carbocycles. The second-order valence-electron chi connectivity index (χ2n) is 4.62. The molecule has 0 amide bonds. The first-order valence-corrected chi connectivity index (χ1v) is 5.84. The average Bonchev–Trinajstić information content (AvgIpc) is 2.72. The van der Waals surface area contributed by atoms with E-state index in [1.807, 2.05) is 6.07 Å². The molecule has 0 fully saturated rings. The zero-order chi connectivity index (χ0) is 11.8. The highest BCUT2D eigenvalue weighted by Gasteiger charge is 2.22. The molecule has 0 bridgehead atoms. The summed E-state index contributed by atoms with van der Waals surface area (Å²) < 4.78 is 13.1. The largest absolute Gasteiger partial charge is 0.378 e. The minimum Gasteiger partial charge on any atom is -0.378 e. The first-order chi connectivity index (χ1) is 8.22. The monoisotopic (exact) mass is 227 g/mol. The Morgan fingerprint density at radius 2 is 2.06 bits per heavy atom. The van der Waals surface area contributed by atoms with Gasteiger partial charge in [0.25, 0.3) is 0 Å². The van der Waals surface area contributed by atoms with Gasteiger partial charge in [-0.2, -0.15) is 0 Å². The fourth-order valence-electron chi connectivity index (χ4n) is 2.42. The summed E-state index contributed by atoms with van der Waals surface area (Å²) in [6, 6.07) is 13.7. The Balaban J connectivity index is 1.91. The van der Waals surface area contributed by atoms with E-state index in [-0.39, 0.29) is 11.9 Å². The minimum absolute atomic E-state index is 0.157. The van der Waals surface area contributed by atoms with E-state index in [2.05, 4.69) is 36.5 Å². The van der Waals surface area contributed by atoms with Crippen molar-refractivity contribution >= 4 is 5.69 Å². The molecule has 1 aliphatic heterocycles. The van der Waals surface area contributed by atoms with E-state index < -0.39 is 0 Å². The number of hydrogen-bond donors (Lipinski definition) is 1. The summed E-state index contributed by atoms with van der Waals surface area (Å²) >= 11 is 0. The fourth-order valence-corrected chi connectivity index (χ4v) is 2.42. The van der Waals surface area contributed by atoms with Crippen molar-refractivity contribution in [1.82, 2.24) is 0 Å². The lowest BCUT2D eigenvalue weighted by atomic mass is 10.0. The summed E-state index contributed by atoms with van der Waals surface area (Å²) in [5.41, 5.74) is 4.64. The van der Waals surface area contributed by atoms with E-state index in [4.69, 9.17) is 0 Å². The number of benzene rings is 2. The molecule has 3 rings (SSSR count). The second kappa shape index (κ2) is 3.88. The van der Waals surface area contributed by atoms with E-state index >= 15 is 0 Å². The Morgan fingerprint density at radius 3 is 2.88 bits per heavy atom. The molecular formula is C15H14FN. The van der Waals surface area contributed by atoms with Crippen molar-refractivity contribution in [3.8, 4) is 0 Å². The van der Waals surface area contributed by atoms with Crippen LogP contribution in [0.4, 0.5) is 10.1 Å². The lowest BCUT2D eigenvalue weighted by Crippen LogP contribution is -2.05. The van der Waals surface area contributed by atoms with Crippen molar-refractivity contribution in [2.75, 3.05) is 5.32 Å². The van der Waals surface area contributed by atoms with Crippen LogP contribution in [-0.2, 0) is 6.42 Å². The lowest BCUT2D eigenvalue weighted by Gasteiger charge is -2.12. The molecule has 0 saturated carbocycles. The molecule has 2 heteroatoms. The Labute approximate surface area is 100 Å². The Hall–Kier alpha value is -1.83. The molecule has 2 aromatic rings. The summed E-state index contributed by atoms with van der Waals surface area (Å²) in [6.07, 6.45) is 0.858. The fraction of sp³-hybridized carbons (Fsp3) is 0.200. The van der Waals surface area contributed by atoms with Crippen molar-refractivity contribution < 1.29 is 4.39 Å². The van der Waals surface area contributed by atoms with E-state index in [1.54, 1.807) is 6.07 Å². The minimum atomic E-state index is -0.157. The van der Waals surface area contributed by atoms with Crippen LogP contribution in [0.1, 0.15) is 22.7 Å². The average molecular weight is 227 g/mol. The predicted octanol–water partition coefficient (Wildman–Crippen LogP) is 3.84. The summed E-state index contributed by atoms with van der Waals surface area (Å²) in [4.78, 5) is 0. The number of anilines is 1. The number of aryl methyl sites for hydroxylation is 1. The molecule has 1 heterocycles. The number of rotatable bonds is 1. The molecule has 1 aliphatic rings. The van der Waals surface area contributed by atoms with E-state index in [9.17, 15) is 4.39 Å². The molecule has 0 radical (unpaired) electrons. The summed E-state index contributed by atoms with van der Waals surface area (Å²) in [6.45, 7) is 2.09. The Bertz CT molecular complexity index is 563. The summed E-state index contributed by atoms with van der Waals surface area (Å²) in [5, 5.41) is 3.44. The molecule has 0 spiro atoms. The molecule has 86 valence electrons. The van der Waals surface area contributed by atoms with E-state index in [0.29, 0.717) is 0 Å². The quantitative estimate of drug-likeness (QED) is 0.780.